The number of likely N-dealkylation sites (tertiary alicyclic amines) is 2. The van der Waals surface area contributed by atoms with E-state index >= 15 is 0 Å². The highest BCUT2D eigenvalue weighted by atomic mass is 19.1. The van der Waals surface area contributed by atoms with E-state index in [0.717, 1.165) is 27.7 Å². The SMILES string of the molecule is CC(C)(C)OC(=O)C[C@@H](C(=O)N1CCC[C@H]1C(=O)Cc1ccc2[nH]c(-c3ccc(NC(=O)[C@@H]4CCCN4C(=O)[C@H](CC(=O)OC(C)(C)C)c4ccc(F)cc4)cc3)cc2c1)c1ccccc1. The number of ether oxygens (including phenoxy) is 2. The van der Waals surface area contributed by atoms with Crippen LogP contribution in [0.4, 0.5) is 10.1 Å². The minimum atomic E-state index is -0.953. The molecule has 0 saturated carbocycles. The number of nitrogens with zero attached hydrogens (tertiary/aromatic N) is 2. The number of aromatic amines is 1. The minimum absolute atomic E-state index is 0.0590. The third kappa shape index (κ3) is 11.8. The van der Waals surface area contributed by atoms with Gasteiger partial charge in [0.2, 0.25) is 17.7 Å². The number of amides is 3. The van der Waals surface area contributed by atoms with Gasteiger partial charge in [-0.15, -0.1) is 0 Å². The molecule has 0 spiro atoms. The number of nitrogens with one attached hydrogen (secondary N) is 2. The Morgan fingerprint density at radius 1 is 0.682 bits per heavy atom. The molecule has 4 atom stereocenters. The van der Waals surface area contributed by atoms with Gasteiger partial charge in [-0.3, -0.25) is 28.8 Å². The summed E-state index contributed by atoms with van der Waals surface area (Å²) in [6.45, 7) is 11.4. The number of halogens is 1. The van der Waals surface area contributed by atoms with Crippen molar-refractivity contribution in [2.24, 2.45) is 0 Å². The number of anilines is 1. The van der Waals surface area contributed by atoms with Crippen LogP contribution in [0.15, 0.2) is 103 Å². The van der Waals surface area contributed by atoms with E-state index in [0.29, 0.717) is 55.6 Å². The molecule has 1 aromatic heterocycles. The van der Waals surface area contributed by atoms with Crippen LogP contribution in [0, 0.1) is 5.82 Å². The molecule has 0 radical (unpaired) electrons. The number of hydrogen-bond donors (Lipinski definition) is 2. The number of esters is 2. The van der Waals surface area contributed by atoms with Crippen molar-refractivity contribution in [3.63, 3.8) is 0 Å². The summed E-state index contributed by atoms with van der Waals surface area (Å²) in [5, 5.41) is 3.87. The first-order valence-corrected chi connectivity index (χ1v) is 22.7. The highest BCUT2D eigenvalue weighted by molar-refractivity contribution is 6.00. The Hall–Kier alpha value is -6.63. The Morgan fingerprint density at radius 2 is 1.23 bits per heavy atom. The molecule has 3 heterocycles. The number of hydrogen-bond acceptors (Lipinski definition) is 8. The normalized spacial score (nSPS) is 17.3. The number of ketones is 1. The average molecular weight is 899 g/mol. The monoisotopic (exact) mass is 898 g/mol. The summed E-state index contributed by atoms with van der Waals surface area (Å²) < 4.78 is 24.9. The molecule has 346 valence electrons. The third-order valence-electron chi connectivity index (χ3n) is 11.9. The van der Waals surface area contributed by atoms with Crippen LogP contribution in [0.2, 0.25) is 0 Å². The van der Waals surface area contributed by atoms with Crippen molar-refractivity contribution < 1.29 is 42.6 Å². The number of H-pyrrole nitrogens is 1. The van der Waals surface area contributed by atoms with E-state index in [1.54, 1.807) is 58.6 Å². The van der Waals surface area contributed by atoms with Gasteiger partial charge in [-0.2, -0.15) is 0 Å². The summed E-state index contributed by atoms with van der Waals surface area (Å²) in [4.78, 5) is 88.3. The third-order valence-corrected chi connectivity index (χ3v) is 11.9. The zero-order valence-electron chi connectivity index (χ0n) is 38.5. The van der Waals surface area contributed by atoms with Crippen LogP contribution in [0.1, 0.15) is 109 Å². The lowest BCUT2D eigenvalue weighted by atomic mass is 9.93. The Morgan fingerprint density at radius 3 is 1.80 bits per heavy atom. The predicted octanol–water partition coefficient (Wildman–Crippen LogP) is 9.04. The van der Waals surface area contributed by atoms with E-state index in [4.69, 9.17) is 9.47 Å². The van der Waals surface area contributed by atoms with Crippen LogP contribution in [0.3, 0.4) is 0 Å². The second-order valence-corrected chi connectivity index (χ2v) is 19.3. The molecule has 0 unspecified atom stereocenters. The maximum absolute atomic E-state index is 14.1. The Bertz CT molecular complexity index is 2580. The highest BCUT2D eigenvalue weighted by Gasteiger charge is 2.40. The standard InChI is InChI=1S/C53H59FN4O8/c1-52(2,3)65-47(60)31-40(34-12-8-7-9-13-34)50(63)57-26-10-14-44(57)46(59)29-33-16-25-42-37(28-33)30-43(56-42)36-19-23-39(24-20-36)55-49(62)45-15-11-27-58(45)51(64)41(32-48(61)66-53(4,5)6)35-17-21-38(54)22-18-35/h7-9,12-13,16-25,28,30,40-41,44-45,56H,10-11,14-15,26-27,29,31-32H2,1-6H3,(H,55,62)/t40-,41-,44+,45+/m1/s1. The lowest BCUT2D eigenvalue weighted by Crippen LogP contribution is -2.45. The van der Waals surface area contributed by atoms with E-state index in [9.17, 15) is 33.2 Å². The van der Waals surface area contributed by atoms with Crippen LogP contribution < -0.4 is 5.32 Å². The number of Topliss-reactive ketones (excluding diaryl/α,β-unsaturated/α-hetero) is 1. The van der Waals surface area contributed by atoms with Crippen molar-refractivity contribution in [3.8, 4) is 11.3 Å². The quantitative estimate of drug-likeness (QED) is 0.105. The Balaban J connectivity index is 0.991. The molecule has 2 aliphatic heterocycles. The van der Waals surface area contributed by atoms with Gasteiger partial charge in [-0.05, 0) is 132 Å². The van der Waals surface area contributed by atoms with Crippen molar-refractivity contribution in [3.05, 3.63) is 126 Å². The molecule has 2 saturated heterocycles. The van der Waals surface area contributed by atoms with Gasteiger partial charge in [0, 0.05) is 41.8 Å². The second-order valence-electron chi connectivity index (χ2n) is 19.3. The van der Waals surface area contributed by atoms with Gasteiger partial charge in [0.1, 0.15) is 23.1 Å². The number of benzene rings is 4. The number of fused-ring (bicyclic) bond motifs is 1. The molecule has 2 fully saturated rings. The van der Waals surface area contributed by atoms with Crippen molar-refractivity contribution in [2.45, 2.75) is 122 Å². The zero-order valence-corrected chi connectivity index (χ0v) is 38.5. The van der Waals surface area contributed by atoms with E-state index < -0.39 is 58.8 Å². The fraction of sp³-hybridized carbons (Fsp3) is 0.396. The summed E-state index contributed by atoms with van der Waals surface area (Å²) in [6, 6.07) is 28.4. The van der Waals surface area contributed by atoms with Crippen LogP contribution in [-0.4, -0.2) is 86.6 Å². The molecule has 0 bridgehead atoms. The molecular formula is C53H59FN4O8. The molecule has 7 rings (SSSR count). The van der Waals surface area contributed by atoms with Crippen molar-refractivity contribution in [1.29, 1.82) is 0 Å². The molecule has 3 amide bonds. The van der Waals surface area contributed by atoms with E-state index in [1.165, 1.54) is 29.2 Å². The summed E-state index contributed by atoms with van der Waals surface area (Å²) >= 11 is 0. The summed E-state index contributed by atoms with van der Waals surface area (Å²) in [6.07, 6.45) is 2.06. The van der Waals surface area contributed by atoms with Gasteiger partial charge in [0.15, 0.2) is 5.78 Å². The topological polar surface area (TPSA) is 155 Å². The van der Waals surface area contributed by atoms with Crippen molar-refractivity contribution >= 4 is 52.0 Å². The van der Waals surface area contributed by atoms with Crippen molar-refractivity contribution in [1.82, 2.24) is 14.8 Å². The van der Waals surface area contributed by atoms with Gasteiger partial charge < -0.3 is 29.6 Å². The molecule has 12 nitrogen and oxygen atoms in total. The van der Waals surface area contributed by atoms with Crippen LogP contribution in [0.25, 0.3) is 22.2 Å². The van der Waals surface area contributed by atoms with Gasteiger partial charge in [-0.1, -0.05) is 60.7 Å². The van der Waals surface area contributed by atoms with E-state index in [1.807, 2.05) is 66.7 Å². The van der Waals surface area contributed by atoms with Gasteiger partial charge in [0.25, 0.3) is 0 Å². The first kappa shape index (κ1) is 47.3. The number of carbonyl (C=O) groups excluding carboxylic acids is 6. The van der Waals surface area contributed by atoms with Gasteiger partial charge in [0.05, 0.1) is 30.7 Å². The molecule has 13 heteroatoms. The first-order valence-electron chi connectivity index (χ1n) is 22.7. The Labute approximate surface area is 385 Å². The molecule has 2 N–H and O–H groups in total. The fourth-order valence-electron chi connectivity index (χ4n) is 8.97. The van der Waals surface area contributed by atoms with Crippen LogP contribution in [0.5, 0.6) is 0 Å². The molecule has 4 aromatic carbocycles. The summed E-state index contributed by atoms with van der Waals surface area (Å²) in [5.74, 6) is -4.28. The van der Waals surface area contributed by atoms with E-state index in [2.05, 4.69) is 10.3 Å². The molecule has 5 aromatic rings. The fourth-order valence-corrected chi connectivity index (χ4v) is 8.97. The summed E-state index contributed by atoms with van der Waals surface area (Å²) in [7, 11) is 0. The number of rotatable bonds is 14. The number of aromatic nitrogens is 1. The van der Waals surface area contributed by atoms with Crippen LogP contribution >= 0.6 is 0 Å². The minimum Gasteiger partial charge on any atom is -0.460 e. The molecule has 0 aliphatic carbocycles. The lowest BCUT2D eigenvalue weighted by molar-refractivity contribution is -0.158. The van der Waals surface area contributed by atoms with Crippen LogP contribution in [-0.2, 0) is 44.7 Å². The maximum atomic E-state index is 14.1. The second kappa shape index (κ2) is 19.9. The van der Waals surface area contributed by atoms with Crippen molar-refractivity contribution in [2.75, 3.05) is 18.4 Å². The Kier molecular flexibility index (Phi) is 14.2. The maximum Gasteiger partial charge on any atom is 0.307 e. The molecule has 66 heavy (non-hydrogen) atoms. The van der Waals surface area contributed by atoms with Gasteiger partial charge in [-0.25, -0.2) is 4.39 Å². The van der Waals surface area contributed by atoms with E-state index in [-0.39, 0.29) is 36.9 Å². The smallest absolute Gasteiger partial charge is 0.307 e. The average Bonchev–Trinajstić information content (AvgIpc) is 4.05. The molecular weight excluding hydrogens is 840 g/mol. The highest BCUT2D eigenvalue weighted by Crippen LogP contribution is 2.33. The first-order chi connectivity index (χ1) is 31.3. The lowest BCUT2D eigenvalue weighted by Gasteiger charge is -2.29. The zero-order chi connectivity index (χ0) is 47.3. The molecule has 2 aliphatic rings. The number of carbonyl (C=O) groups is 6. The summed E-state index contributed by atoms with van der Waals surface area (Å²) in [5.41, 5.74) is 3.65. The largest absolute Gasteiger partial charge is 0.460 e. The van der Waals surface area contributed by atoms with Gasteiger partial charge >= 0.3 is 11.9 Å². The predicted molar refractivity (Wildman–Crippen MR) is 250 cm³/mol.